The lowest BCUT2D eigenvalue weighted by atomic mass is 9.77. The molecule has 6 heteroatoms. The molecule has 6 nitrogen and oxygen atoms in total. The third-order valence-electron chi connectivity index (χ3n) is 6.67. The summed E-state index contributed by atoms with van der Waals surface area (Å²) in [5.41, 5.74) is 3.13. The van der Waals surface area contributed by atoms with Crippen molar-refractivity contribution in [1.82, 2.24) is 4.90 Å². The molecule has 1 aliphatic carbocycles. The van der Waals surface area contributed by atoms with Gasteiger partial charge in [0.2, 0.25) is 5.91 Å². The van der Waals surface area contributed by atoms with Gasteiger partial charge in [0.05, 0.1) is 32.1 Å². The number of methoxy groups -OCH3 is 2. The van der Waals surface area contributed by atoms with Crippen LogP contribution in [0.5, 0.6) is 11.5 Å². The van der Waals surface area contributed by atoms with Crippen LogP contribution in [-0.4, -0.2) is 42.6 Å². The van der Waals surface area contributed by atoms with E-state index in [4.69, 9.17) is 9.47 Å². The van der Waals surface area contributed by atoms with Crippen molar-refractivity contribution in [2.45, 2.75) is 38.1 Å². The number of hydrogen-bond donors (Lipinski definition) is 1. The number of nitrogens with zero attached hydrogens (tertiary/aromatic N) is 1. The van der Waals surface area contributed by atoms with Crippen LogP contribution in [0.2, 0.25) is 0 Å². The minimum Gasteiger partial charge on any atom is -0.493 e. The fraction of sp³-hybridized carbons (Fsp3) is 0.440. The summed E-state index contributed by atoms with van der Waals surface area (Å²) >= 11 is 0. The van der Waals surface area contributed by atoms with Crippen molar-refractivity contribution in [2.75, 3.05) is 20.8 Å². The number of carbonyl (C=O) groups excluding carboxylic acids is 1. The summed E-state index contributed by atoms with van der Waals surface area (Å²) in [5.74, 6) is -0.702. The number of benzene rings is 2. The number of carbonyl (C=O) groups is 2. The van der Waals surface area contributed by atoms with Gasteiger partial charge in [-0.25, -0.2) is 0 Å². The minimum absolute atomic E-state index is 0.0543. The van der Waals surface area contributed by atoms with E-state index in [1.807, 2.05) is 47.4 Å². The Labute approximate surface area is 182 Å². The van der Waals surface area contributed by atoms with Crippen molar-refractivity contribution in [3.63, 3.8) is 0 Å². The Kier molecular flexibility index (Phi) is 6.16. The summed E-state index contributed by atoms with van der Waals surface area (Å²) in [4.78, 5) is 27.5. The SMILES string of the molecule is COc1cc2c(cc1OC)C(c1ccccc1)N(C(=O)C1CCCCC1C(=O)O)CC2. The van der Waals surface area contributed by atoms with E-state index in [9.17, 15) is 14.7 Å². The Morgan fingerprint density at radius 2 is 1.61 bits per heavy atom. The molecule has 1 heterocycles. The highest BCUT2D eigenvalue weighted by Gasteiger charge is 2.42. The predicted octanol–water partition coefficient (Wildman–Crippen LogP) is 4.07. The molecule has 31 heavy (non-hydrogen) atoms. The van der Waals surface area contributed by atoms with Gasteiger partial charge in [0.25, 0.3) is 0 Å². The van der Waals surface area contributed by atoms with Crippen LogP contribution < -0.4 is 9.47 Å². The lowest BCUT2D eigenvalue weighted by Gasteiger charge is -2.41. The predicted molar refractivity (Wildman–Crippen MR) is 116 cm³/mol. The molecule has 3 unspecified atom stereocenters. The summed E-state index contributed by atoms with van der Waals surface area (Å²) in [6, 6.07) is 13.6. The van der Waals surface area contributed by atoms with Crippen LogP contribution in [0.1, 0.15) is 48.4 Å². The fourth-order valence-corrected chi connectivity index (χ4v) is 5.11. The van der Waals surface area contributed by atoms with E-state index >= 15 is 0 Å². The smallest absolute Gasteiger partial charge is 0.307 e. The van der Waals surface area contributed by atoms with Crippen molar-refractivity contribution in [3.8, 4) is 11.5 Å². The zero-order valence-electron chi connectivity index (χ0n) is 18.0. The van der Waals surface area contributed by atoms with Gasteiger partial charge in [-0.15, -0.1) is 0 Å². The molecule has 4 rings (SSSR count). The van der Waals surface area contributed by atoms with Gasteiger partial charge in [0.15, 0.2) is 11.5 Å². The second-order valence-electron chi connectivity index (χ2n) is 8.34. The first-order valence-corrected chi connectivity index (χ1v) is 10.9. The lowest BCUT2D eigenvalue weighted by Crippen LogP contribution is -2.47. The summed E-state index contributed by atoms with van der Waals surface area (Å²) in [5, 5.41) is 9.72. The van der Waals surface area contributed by atoms with E-state index in [0.717, 1.165) is 29.5 Å². The highest BCUT2D eigenvalue weighted by molar-refractivity contribution is 5.86. The minimum atomic E-state index is -0.863. The molecule has 1 amide bonds. The van der Waals surface area contributed by atoms with Crippen molar-refractivity contribution >= 4 is 11.9 Å². The second-order valence-corrected chi connectivity index (χ2v) is 8.34. The number of fused-ring (bicyclic) bond motifs is 1. The zero-order chi connectivity index (χ0) is 22.0. The van der Waals surface area contributed by atoms with Gasteiger partial charge in [0.1, 0.15) is 0 Å². The highest BCUT2D eigenvalue weighted by Crippen LogP contribution is 2.43. The molecule has 3 atom stereocenters. The van der Waals surface area contributed by atoms with Crippen LogP contribution in [0.4, 0.5) is 0 Å². The first-order valence-electron chi connectivity index (χ1n) is 10.9. The summed E-state index contributed by atoms with van der Waals surface area (Å²) in [7, 11) is 3.22. The number of amides is 1. The van der Waals surface area contributed by atoms with Crippen molar-refractivity contribution < 1.29 is 24.2 Å². The molecule has 0 bridgehead atoms. The first-order chi connectivity index (χ1) is 15.0. The number of aliphatic carboxylic acids is 1. The standard InChI is InChI=1S/C25H29NO5/c1-30-21-14-17-12-13-26(24(27)18-10-6-7-11-19(18)25(28)29)23(16-8-4-3-5-9-16)20(17)15-22(21)31-2/h3-5,8-9,14-15,18-19,23H,6-7,10-13H2,1-2H3,(H,28,29). The molecule has 0 aromatic heterocycles. The molecule has 0 saturated heterocycles. The molecule has 2 aliphatic rings. The molecule has 0 spiro atoms. The van der Waals surface area contributed by atoms with Gasteiger partial charge >= 0.3 is 5.97 Å². The van der Waals surface area contributed by atoms with E-state index in [2.05, 4.69) is 0 Å². The van der Waals surface area contributed by atoms with E-state index in [1.54, 1.807) is 14.2 Å². The maximum absolute atomic E-state index is 13.7. The summed E-state index contributed by atoms with van der Waals surface area (Å²) in [6.07, 6.45) is 3.65. The topological polar surface area (TPSA) is 76.1 Å². The number of ether oxygens (including phenoxy) is 2. The third-order valence-corrected chi connectivity index (χ3v) is 6.67. The number of hydrogen-bond acceptors (Lipinski definition) is 4. The molecule has 1 saturated carbocycles. The molecule has 1 fully saturated rings. The van der Waals surface area contributed by atoms with Crippen LogP contribution in [-0.2, 0) is 16.0 Å². The van der Waals surface area contributed by atoms with Crippen LogP contribution >= 0.6 is 0 Å². The molecule has 0 radical (unpaired) electrons. The van der Waals surface area contributed by atoms with E-state index in [0.29, 0.717) is 37.3 Å². The largest absolute Gasteiger partial charge is 0.493 e. The number of carboxylic acid groups (broad SMARTS) is 1. The number of rotatable bonds is 5. The summed E-state index contributed by atoms with van der Waals surface area (Å²) < 4.78 is 11.0. The number of carboxylic acids is 1. The molecule has 2 aromatic carbocycles. The maximum Gasteiger partial charge on any atom is 0.307 e. The highest BCUT2D eigenvalue weighted by atomic mass is 16.5. The average Bonchev–Trinajstić information content (AvgIpc) is 2.82. The monoisotopic (exact) mass is 423 g/mol. The van der Waals surface area contributed by atoms with Crippen molar-refractivity contribution in [3.05, 3.63) is 59.2 Å². The third kappa shape index (κ3) is 3.99. The molecular formula is C25H29NO5. The summed E-state index contributed by atoms with van der Waals surface area (Å²) in [6.45, 7) is 0.545. The lowest BCUT2D eigenvalue weighted by molar-refractivity contribution is -0.153. The first kappa shape index (κ1) is 21.2. The molecule has 1 N–H and O–H groups in total. The van der Waals surface area contributed by atoms with Gasteiger partial charge < -0.3 is 19.5 Å². The molecule has 2 aromatic rings. The Morgan fingerprint density at radius 3 is 2.26 bits per heavy atom. The Bertz CT molecular complexity index is 958. The van der Waals surface area contributed by atoms with Crippen molar-refractivity contribution in [1.29, 1.82) is 0 Å². The van der Waals surface area contributed by atoms with Gasteiger partial charge in [-0.2, -0.15) is 0 Å². The van der Waals surface area contributed by atoms with Gasteiger partial charge in [-0.05, 0) is 48.1 Å². The van der Waals surface area contributed by atoms with Crippen LogP contribution in [0.3, 0.4) is 0 Å². The Balaban J connectivity index is 1.78. The quantitative estimate of drug-likeness (QED) is 0.785. The van der Waals surface area contributed by atoms with Crippen LogP contribution in [0, 0.1) is 11.8 Å². The molecule has 164 valence electrons. The maximum atomic E-state index is 13.7. The normalized spacial score (nSPS) is 23.0. The van der Waals surface area contributed by atoms with E-state index in [-0.39, 0.29) is 11.9 Å². The van der Waals surface area contributed by atoms with Crippen molar-refractivity contribution in [2.24, 2.45) is 11.8 Å². The Morgan fingerprint density at radius 1 is 0.968 bits per heavy atom. The molecular weight excluding hydrogens is 394 g/mol. The van der Waals surface area contributed by atoms with Gasteiger partial charge in [-0.1, -0.05) is 43.2 Å². The van der Waals surface area contributed by atoms with Crippen LogP contribution in [0.25, 0.3) is 0 Å². The van der Waals surface area contributed by atoms with E-state index < -0.39 is 17.8 Å². The van der Waals surface area contributed by atoms with Gasteiger partial charge in [-0.3, -0.25) is 9.59 Å². The Hall–Kier alpha value is -3.02. The average molecular weight is 424 g/mol. The van der Waals surface area contributed by atoms with Gasteiger partial charge in [0, 0.05) is 6.54 Å². The van der Waals surface area contributed by atoms with E-state index in [1.165, 1.54) is 0 Å². The fourth-order valence-electron chi connectivity index (χ4n) is 5.11. The second kappa shape index (κ2) is 9.00. The van der Waals surface area contributed by atoms with Crippen LogP contribution in [0.15, 0.2) is 42.5 Å². The molecule has 1 aliphatic heterocycles. The zero-order valence-corrected chi connectivity index (χ0v) is 18.0.